The lowest BCUT2D eigenvalue weighted by molar-refractivity contribution is -0.149. The van der Waals surface area contributed by atoms with E-state index in [1.807, 2.05) is 31.2 Å². The summed E-state index contributed by atoms with van der Waals surface area (Å²) in [5.41, 5.74) is -0.636. The molecule has 6 nitrogen and oxygen atoms in total. The molecule has 0 bridgehead atoms. The molecule has 0 aliphatic carbocycles. The number of carbonyl (C=O) groups is 2. The zero-order valence-corrected chi connectivity index (χ0v) is 16.0. The highest BCUT2D eigenvalue weighted by atomic mass is 16.6. The van der Waals surface area contributed by atoms with E-state index in [4.69, 9.17) is 9.47 Å². The summed E-state index contributed by atoms with van der Waals surface area (Å²) in [6, 6.07) is 7.75. The minimum absolute atomic E-state index is 0.0350. The minimum Gasteiger partial charge on any atom is -0.493 e. The number of amides is 1. The average Bonchev–Trinajstić information content (AvgIpc) is 2.57. The number of fused-ring (bicyclic) bond motifs is 1. The molecule has 0 radical (unpaired) electrons. The molecule has 2 atom stereocenters. The first-order valence-corrected chi connectivity index (χ1v) is 9.09. The number of carbonyl (C=O) groups excluding carboxylic acids is 1. The van der Waals surface area contributed by atoms with Crippen LogP contribution in [0.1, 0.15) is 58.4 Å². The molecule has 1 aliphatic rings. The second-order valence-corrected chi connectivity index (χ2v) is 7.87. The number of nitrogens with one attached hydrogen (secondary N) is 1. The van der Waals surface area contributed by atoms with Crippen LogP contribution in [0.4, 0.5) is 4.79 Å². The van der Waals surface area contributed by atoms with Crippen molar-refractivity contribution in [3.8, 4) is 5.75 Å². The Hall–Kier alpha value is -2.24. The van der Waals surface area contributed by atoms with Crippen LogP contribution in [-0.2, 0) is 9.53 Å². The van der Waals surface area contributed by atoms with Gasteiger partial charge in [0.2, 0.25) is 0 Å². The number of benzene rings is 1. The van der Waals surface area contributed by atoms with E-state index in [0.29, 0.717) is 19.4 Å². The number of aliphatic carboxylic acids is 1. The van der Waals surface area contributed by atoms with Gasteiger partial charge in [-0.1, -0.05) is 25.1 Å². The molecule has 2 rings (SSSR count). The van der Waals surface area contributed by atoms with E-state index in [2.05, 4.69) is 5.32 Å². The average molecular weight is 363 g/mol. The first-order chi connectivity index (χ1) is 12.2. The highest BCUT2D eigenvalue weighted by molar-refractivity contribution is 5.76. The van der Waals surface area contributed by atoms with Crippen molar-refractivity contribution >= 4 is 12.1 Å². The summed E-state index contributed by atoms with van der Waals surface area (Å²) in [4.78, 5) is 24.1. The molecule has 1 aromatic carbocycles. The number of rotatable bonds is 6. The standard InChI is InChI=1S/C20H29NO5/c1-5-20(17(22)23,13-21-18(24)26-19(2,3)4)12-14-10-11-25-16-9-7-6-8-15(14)16/h6-9,14H,5,10-13H2,1-4H3,(H,21,24)(H,22,23). The maximum absolute atomic E-state index is 12.1. The highest BCUT2D eigenvalue weighted by Gasteiger charge is 2.41. The molecule has 0 saturated carbocycles. The molecule has 0 spiro atoms. The molecule has 2 unspecified atom stereocenters. The topological polar surface area (TPSA) is 84.9 Å². The number of carboxylic acids is 1. The Kier molecular flexibility index (Phi) is 6.16. The Labute approximate surface area is 154 Å². The van der Waals surface area contributed by atoms with Gasteiger partial charge in [0.15, 0.2) is 0 Å². The van der Waals surface area contributed by atoms with E-state index in [1.54, 1.807) is 20.8 Å². The van der Waals surface area contributed by atoms with Crippen LogP contribution in [0.3, 0.4) is 0 Å². The summed E-state index contributed by atoms with van der Waals surface area (Å²) in [7, 11) is 0. The van der Waals surface area contributed by atoms with Crippen molar-refractivity contribution in [2.75, 3.05) is 13.2 Å². The summed E-state index contributed by atoms with van der Waals surface area (Å²) < 4.78 is 10.9. The Morgan fingerprint density at radius 2 is 2.00 bits per heavy atom. The van der Waals surface area contributed by atoms with Crippen LogP contribution in [0.15, 0.2) is 24.3 Å². The lowest BCUT2D eigenvalue weighted by Crippen LogP contribution is -2.45. The second-order valence-electron chi connectivity index (χ2n) is 7.87. The van der Waals surface area contributed by atoms with E-state index in [1.165, 1.54) is 0 Å². The van der Waals surface area contributed by atoms with Crippen LogP contribution in [0.2, 0.25) is 0 Å². The molecular formula is C20H29NO5. The Bertz CT molecular complexity index is 652. The summed E-state index contributed by atoms with van der Waals surface area (Å²) in [6.45, 7) is 7.77. The largest absolute Gasteiger partial charge is 0.493 e. The van der Waals surface area contributed by atoms with Gasteiger partial charge in [-0.2, -0.15) is 0 Å². The van der Waals surface area contributed by atoms with Gasteiger partial charge in [-0.05, 0) is 57.6 Å². The fourth-order valence-electron chi connectivity index (χ4n) is 3.31. The van der Waals surface area contributed by atoms with Crippen LogP contribution < -0.4 is 10.1 Å². The molecule has 1 aromatic rings. The number of hydrogen-bond donors (Lipinski definition) is 2. The number of ether oxygens (including phenoxy) is 2. The molecule has 1 heterocycles. The van der Waals surface area contributed by atoms with Crippen molar-refractivity contribution in [1.82, 2.24) is 5.32 Å². The maximum Gasteiger partial charge on any atom is 0.407 e. The molecule has 144 valence electrons. The molecule has 6 heteroatoms. The molecule has 0 fully saturated rings. The SMILES string of the molecule is CCC(CNC(=O)OC(C)(C)C)(CC1CCOc2ccccc21)C(=O)O. The van der Waals surface area contributed by atoms with Gasteiger partial charge in [-0.15, -0.1) is 0 Å². The first-order valence-electron chi connectivity index (χ1n) is 9.09. The van der Waals surface area contributed by atoms with Gasteiger partial charge < -0.3 is 19.9 Å². The zero-order valence-electron chi connectivity index (χ0n) is 16.0. The van der Waals surface area contributed by atoms with Crippen LogP contribution in [0.5, 0.6) is 5.75 Å². The van der Waals surface area contributed by atoms with Crippen molar-refractivity contribution in [3.63, 3.8) is 0 Å². The van der Waals surface area contributed by atoms with Crippen LogP contribution >= 0.6 is 0 Å². The third-order valence-corrected chi connectivity index (χ3v) is 4.82. The number of para-hydroxylation sites is 1. The smallest absolute Gasteiger partial charge is 0.407 e. The summed E-state index contributed by atoms with van der Waals surface area (Å²) >= 11 is 0. The molecule has 26 heavy (non-hydrogen) atoms. The van der Waals surface area contributed by atoms with Gasteiger partial charge in [0.1, 0.15) is 11.4 Å². The fraction of sp³-hybridized carbons (Fsp3) is 0.600. The van der Waals surface area contributed by atoms with Gasteiger partial charge in [-0.25, -0.2) is 4.79 Å². The molecule has 0 saturated heterocycles. The Morgan fingerprint density at radius 3 is 2.62 bits per heavy atom. The zero-order chi connectivity index (χ0) is 19.4. The Morgan fingerprint density at radius 1 is 1.31 bits per heavy atom. The molecular weight excluding hydrogens is 334 g/mol. The van der Waals surface area contributed by atoms with E-state index in [-0.39, 0.29) is 12.5 Å². The summed E-state index contributed by atoms with van der Waals surface area (Å²) in [5, 5.41) is 12.6. The number of carboxylic acid groups (broad SMARTS) is 1. The Balaban J connectivity index is 2.15. The molecule has 1 aliphatic heterocycles. The van der Waals surface area contributed by atoms with Crippen LogP contribution in [-0.4, -0.2) is 35.9 Å². The predicted octanol–water partition coefficient (Wildman–Crippen LogP) is 3.95. The quantitative estimate of drug-likeness (QED) is 0.799. The normalized spacial score (nSPS) is 18.8. The van der Waals surface area contributed by atoms with Crippen LogP contribution in [0.25, 0.3) is 0 Å². The number of alkyl carbamates (subject to hydrolysis) is 1. The van der Waals surface area contributed by atoms with E-state index >= 15 is 0 Å². The number of hydrogen-bond acceptors (Lipinski definition) is 4. The lowest BCUT2D eigenvalue weighted by atomic mass is 9.73. The molecule has 0 aromatic heterocycles. The van der Waals surface area contributed by atoms with E-state index in [0.717, 1.165) is 17.7 Å². The molecule has 1 amide bonds. The molecule has 2 N–H and O–H groups in total. The van der Waals surface area contributed by atoms with Crippen molar-refractivity contribution in [2.45, 2.75) is 58.5 Å². The van der Waals surface area contributed by atoms with Crippen molar-refractivity contribution in [2.24, 2.45) is 5.41 Å². The van der Waals surface area contributed by atoms with Gasteiger partial charge in [-0.3, -0.25) is 4.79 Å². The van der Waals surface area contributed by atoms with Crippen molar-refractivity contribution < 1.29 is 24.2 Å². The maximum atomic E-state index is 12.1. The first kappa shape index (κ1) is 20.1. The minimum atomic E-state index is -1.05. The van der Waals surface area contributed by atoms with Crippen molar-refractivity contribution in [1.29, 1.82) is 0 Å². The van der Waals surface area contributed by atoms with Crippen LogP contribution in [0, 0.1) is 5.41 Å². The summed E-state index contributed by atoms with van der Waals surface area (Å²) in [6.07, 6.45) is 1.02. The van der Waals surface area contributed by atoms with Gasteiger partial charge >= 0.3 is 12.1 Å². The second kappa shape index (κ2) is 7.98. The van der Waals surface area contributed by atoms with Gasteiger partial charge in [0.05, 0.1) is 12.0 Å². The van der Waals surface area contributed by atoms with E-state index < -0.39 is 23.1 Å². The third kappa shape index (κ3) is 4.90. The fourth-order valence-corrected chi connectivity index (χ4v) is 3.31. The van der Waals surface area contributed by atoms with E-state index in [9.17, 15) is 14.7 Å². The highest BCUT2D eigenvalue weighted by Crippen LogP contribution is 2.42. The third-order valence-electron chi connectivity index (χ3n) is 4.82. The van der Waals surface area contributed by atoms with Gasteiger partial charge in [0, 0.05) is 6.54 Å². The summed E-state index contributed by atoms with van der Waals surface area (Å²) in [5.74, 6) is -0.00397. The van der Waals surface area contributed by atoms with Gasteiger partial charge in [0.25, 0.3) is 0 Å². The lowest BCUT2D eigenvalue weighted by Gasteiger charge is -2.35. The van der Waals surface area contributed by atoms with Crippen molar-refractivity contribution in [3.05, 3.63) is 29.8 Å². The monoisotopic (exact) mass is 363 g/mol. The predicted molar refractivity (Wildman–Crippen MR) is 98.5 cm³/mol.